The van der Waals surface area contributed by atoms with Gasteiger partial charge in [0.05, 0.1) is 4.83 Å². The van der Waals surface area contributed by atoms with E-state index in [0.717, 1.165) is 6.42 Å². The maximum absolute atomic E-state index is 11.6. The van der Waals surface area contributed by atoms with Gasteiger partial charge in [0.2, 0.25) is 0 Å². The minimum Gasteiger partial charge on any atom is -0.294 e. The summed E-state index contributed by atoms with van der Waals surface area (Å²) in [6.07, 6.45) is 1.40. The maximum Gasteiger partial charge on any atom is 0.176 e. The van der Waals surface area contributed by atoms with E-state index in [0.29, 0.717) is 17.5 Å². The second-order valence-corrected chi connectivity index (χ2v) is 5.10. The molecular formula is C13H15BrO2. The van der Waals surface area contributed by atoms with Crippen LogP contribution in [0.4, 0.5) is 0 Å². The summed E-state index contributed by atoms with van der Waals surface area (Å²) in [7, 11) is 0. The van der Waals surface area contributed by atoms with Gasteiger partial charge in [-0.15, -0.1) is 0 Å². The zero-order valence-electron chi connectivity index (χ0n) is 9.50. The van der Waals surface area contributed by atoms with Crippen LogP contribution in [-0.4, -0.2) is 16.4 Å². The van der Waals surface area contributed by atoms with Gasteiger partial charge in [-0.2, -0.15) is 0 Å². The number of carbonyl (C=O) groups excluding carboxylic acids is 2. The smallest absolute Gasteiger partial charge is 0.176 e. The Hall–Kier alpha value is -0.960. The summed E-state index contributed by atoms with van der Waals surface area (Å²) in [5.41, 5.74) is 1.32. The van der Waals surface area contributed by atoms with Crippen LogP contribution in [0.25, 0.3) is 0 Å². The van der Waals surface area contributed by atoms with E-state index in [1.54, 1.807) is 31.2 Å². The van der Waals surface area contributed by atoms with Gasteiger partial charge in [-0.3, -0.25) is 9.59 Å². The van der Waals surface area contributed by atoms with E-state index in [1.807, 2.05) is 6.92 Å². The van der Waals surface area contributed by atoms with Crippen molar-refractivity contribution in [3.63, 3.8) is 0 Å². The minimum atomic E-state index is -0.190. The van der Waals surface area contributed by atoms with Crippen LogP contribution in [0.3, 0.4) is 0 Å². The molecule has 0 amide bonds. The first-order chi connectivity index (χ1) is 7.56. The van der Waals surface area contributed by atoms with Gasteiger partial charge in [-0.25, -0.2) is 0 Å². The molecule has 1 unspecified atom stereocenters. The largest absolute Gasteiger partial charge is 0.294 e. The highest BCUT2D eigenvalue weighted by molar-refractivity contribution is 9.10. The highest BCUT2D eigenvalue weighted by atomic mass is 79.9. The molecule has 16 heavy (non-hydrogen) atoms. The molecule has 0 aliphatic carbocycles. The topological polar surface area (TPSA) is 34.1 Å². The first-order valence-electron chi connectivity index (χ1n) is 5.37. The normalized spacial score (nSPS) is 12.2. The number of rotatable bonds is 5. The number of halogens is 1. The summed E-state index contributed by atoms with van der Waals surface area (Å²) in [6, 6.07) is 6.87. The third kappa shape index (κ3) is 3.27. The van der Waals surface area contributed by atoms with Crippen LogP contribution in [0, 0.1) is 0 Å². The number of hydrogen-bond donors (Lipinski definition) is 0. The van der Waals surface area contributed by atoms with Gasteiger partial charge in [0.15, 0.2) is 11.6 Å². The Kier molecular flexibility index (Phi) is 4.87. The number of benzene rings is 1. The van der Waals surface area contributed by atoms with Crippen LogP contribution in [0.2, 0.25) is 0 Å². The van der Waals surface area contributed by atoms with E-state index in [2.05, 4.69) is 15.9 Å². The zero-order chi connectivity index (χ0) is 12.1. The van der Waals surface area contributed by atoms with E-state index in [9.17, 15) is 9.59 Å². The van der Waals surface area contributed by atoms with Gasteiger partial charge in [-0.1, -0.05) is 47.1 Å². The molecule has 0 aliphatic rings. The monoisotopic (exact) mass is 282 g/mol. The Labute approximate surface area is 104 Å². The molecule has 86 valence electrons. The van der Waals surface area contributed by atoms with Crippen molar-refractivity contribution in [2.45, 2.75) is 31.5 Å². The van der Waals surface area contributed by atoms with Gasteiger partial charge < -0.3 is 0 Å². The van der Waals surface area contributed by atoms with E-state index in [1.165, 1.54) is 0 Å². The standard InChI is InChI=1S/C13H15BrO2/c1-3-4-12(15)10-5-7-11(8-6-10)13(16)9(2)14/h5-9H,3-4H2,1-2H3. The third-order valence-electron chi connectivity index (χ3n) is 2.33. The highest BCUT2D eigenvalue weighted by Gasteiger charge is 2.12. The Balaban J connectivity index is 2.83. The van der Waals surface area contributed by atoms with Crippen LogP contribution in [0.1, 0.15) is 47.4 Å². The van der Waals surface area contributed by atoms with Crippen LogP contribution < -0.4 is 0 Å². The molecule has 0 saturated carbocycles. The summed E-state index contributed by atoms with van der Waals surface area (Å²) in [4.78, 5) is 23.0. The SMILES string of the molecule is CCCC(=O)c1ccc(C(=O)C(C)Br)cc1. The maximum atomic E-state index is 11.6. The van der Waals surface area contributed by atoms with Crippen LogP contribution in [0.5, 0.6) is 0 Å². The molecule has 0 saturated heterocycles. The van der Waals surface area contributed by atoms with Gasteiger partial charge in [-0.05, 0) is 13.3 Å². The van der Waals surface area contributed by atoms with Crippen molar-refractivity contribution < 1.29 is 9.59 Å². The molecule has 0 heterocycles. The van der Waals surface area contributed by atoms with Crippen molar-refractivity contribution >= 4 is 27.5 Å². The second kappa shape index (κ2) is 5.94. The molecule has 0 N–H and O–H groups in total. The van der Waals surface area contributed by atoms with Crippen LogP contribution >= 0.6 is 15.9 Å². The van der Waals surface area contributed by atoms with E-state index < -0.39 is 0 Å². The van der Waals surface area contributed by atoms with Crippen molar-refractivity contribution in [1.82, 2.24) is 0 Å². The first kappa shape index (κ1) is 13.1. The summed E-state index contributed by atoms with van der Waals surface area (Å²) in [5.74, 6) is 0.169. The van der Waals surface area contributed by atoms with Crippen LogP contribution in [0.15, 0.2) is 24.3 Å². The minimum absolute atomic E-state index is 0.0366. The van der Waals surface area contributed by atoms with Gasteiger partial charge in [0.25, 0.3) is 0 Å². The van der Waals surface area contributed by atoms with Crippen molar-refractivity contribution in [3.8, 4) is 0 Å². The van der Waals surface area contributed by atoms with E-state index in [4.69, 9.17) is 0 Å². The fraction of sp³-hybridized carbons (Fsp3) is 0.385. The lowest BCUT2D eigenvalue weighted by molar-refractivity contribution is 0.0975. The fourth-order valence-electron chi connectivity index (χ4n) is 1.42. The molecule has 1 rings (SSSR count). The number of Topliss-reactive ketones (excluding diaryl/α,β-unsaturated/α-hetero) is 2. The number of alkyl halides is 1. The van der Waals surface area contributed by atoms with Gasteiger partial charge in [0, 0.05) is 17.5 Å². The fourth-order valence-corrected chi connectivity index (χ4v) is 1.69. The molecule has 0 fully saturated rings. The van der Waals surface area contributed by atoms with Crippen molar-refractivity contribution in [1.29, 1.82) is 0 Å². The van der Waals surface area contributed by atoms with Crippen molar-refractivity contribution in [2.75, 3.05) is 0 Å². The second-order valence-electron chi connectivity index (χ2n) is 3.73. The summed E-state index contributed by atoms with van der Waals surface area (Å²) < 4.78 is 0. The quantitative estimate of drug-likeness (QED) is 0.610. The van der Waals surface area contributed by atoms with E-state index in [-0.39, 0.29) is 16.4 Å². The van der Waals surface area contributed by atoms with Gasteiger partial charge in [0.1, 0.15) is 0 Å². The Bertz CT molecular complexity index is 379. The molecule has 0 radical (unpaired) electrons. The summed E-state index contributed by atoms with van der Waals surface area (Å²) in [5, 5.41) is 0. The molecule has 0 aromatic heterocycles. The average Bonchev–Trinajstić information content (AvgIpc) is 2.28. The summed E-state index contributed by atoms with van der Waals surface area (Å²) in [6.45, 7) is 3.76. The Morgan fingerprint density at radius 2 is 1.69 bits per heavy atom. The molecule has 0 aliphatic heterocycles. The highest BCUT2D eigenvalue weighted by Crippen LogP contribution is 2.12. The van der Waals surface area contributed by atoms with Crippen molar-refractivity contribution in [3.05, 3.63) is 35.4 Å². The average molecular weight is 283 g/mol. The lowest BCUT2D eigenvalue weighted by Gasteiger charge is -2.04. The lowest BCUT2D eigenvalue weighted by atomic mass is 10.0. The molecular weight excluding hydrogens is 268 g/mol. The predicted octanol–water partition coefficient (Wildman–Crippen LogP) is 3.64. The molecule has 1 aromatic carbocycles. The Morgan fingerprint density at radius 1 is 1.19 bits per heavy atom. The lowest BCUT2D eigenvalue weighted by Crippen LogP contribution is -2.10. The molecule has 0 bridgehead atoms. The molecule has 2 nitrogen and oxygen atoms in total. The number of carbonyl (C=O) groups is 2. The Morgan fingerprint density at radius 3 is 2.12 bits per heavy atom. The van der Waals surface area contributed by atoms with E-state index >= 15 is 0 Å². The predicted molar refractivity (Wildman–Crippen MR) is 68.4 cm³/mol. The molecule has 1 atom stereocenters. The number of ketones is 2. The van der Waals surface area contributed by atoms with Crippen molar-refractivity contribution in [2.24, 2.45) is 0 Å². The van der Waals surface area contributed by atoms with Gasteiger partial charge >= 0.3 is 0 Å². The van der Waals surface area contributed by atoms with Crippen LogP contribution in [-0.2, 0) is 0 Å². The molecule has 1 aromatic rings. The molecule has 3 heteroatoms. The number of hydrogen-bond acceptors (Lipinski definition) is 2. The summed E-state index contributed by atoms with van der Waals surface area (Å²) >= 11 is 3.23. The zero-order valence-corrected chi connectivity index (χ0v) is 11.1. The molecule has 0 spiro atoms. The first-order valence-corrected chi connectivity index (χ1v) is 6.29. The third-order valence-corrected chi connectivity index (χ3v) is 2.75.